The maximum Gasteiger partial charge on any atom is 0.407 e. The summed E-state index contributed by atoms with van der Waals surface area (Å²) in [5.41, 5.74) is 0.716. The molecule has 176 valence electrons. The van der Waals surface area contributed by atoms with E-state index < -0.39 is 6.09 Å². The third-order valence-corrected chi connectivity index (χ3v) is 8.88. The van der Waals surface area contributed by atoms with Gasteiger partial charge in [-0.1, -0.05) is 20.8 Å². The van der Waals surface area contributed by atoms with Crippen molar-refractivity contribution in [3.63, 3.8) is 0 Å². The minimum atomic E-state index is -0.934. The molecule has 3 N–H and O–H groups in total. The van der Waals surface area contributed by atoms with Gasteiger partial charge < -0.3 is 20.6 Å². The first-order valence-corrected chi connectivity index (χ1v) is 12.1. The van der Waals surface area contributed by atoms with Gasteiger partial charge in [-0.25, -0.2) is 9.48 Å². The Morgan fingerprint density at radius 2 is 2.09 bits per heavy atom. The van der Waals surface area contributed by atoms with E-state index in [1.54, 1.807) is 6.20 Å². The van der Waals surface area contributed by atoms with Crippen molar-refractivity contribution in [2.75, 3.05) is 25.0 Å². The van der Waals surface area contributed by atoms with Gasteiger partial charge in [0.1, 0.15) is 11.0 Å². The molecule has 2 amide bonds. The van der Waals surface area contributed by atoms with Crippen LogP contribution in [0.4, 0.5) is 10.5 Å². The number of rotatable bonds is 6. The predicted octanol–water partition coefficient (Wildman–Crippen LogP) is 2.60. The fourth-order valence-electron chi connectivity index (χ4n) is 5.84. The zero-order valence-electron chi connectivity index (χ0n) is 18.8. The molecule has 0 radical (unpaired) electrons. The largest absolute Gasteiger partial charge is 0.465 e. The number of hydrogen-bond acceptors (Lipinski definition) is 5. The molecule has 5 atom stereocenters. The number of halogens is 1. The highest BCUT2D eigenvalue weighted by molar-refractivity contribution is 9.10. The zero-order valence-corrected chi connectivity index (χ0v) is 20.4. The number of carbonyl (C=O) groups is 2. The molecule has 1 saturated heterocycles. The van der Waals surface area contributed by atoms with Crippen molar-refractivity contribution in [3.05, 3.63) is 21.0 Å². The first-order chi connectivity index (χ1) is 15.1. The predicted molar refractivity (Wildman–Crippen MR) is 123 cm³/mol. The number of likely N-dealkylation sites (tertiary alicyclic amines) is 1. The van der Waals surface area contributed by atoms with Gasteiger partial charge >= 0.3 is 6.09 Å². The molecule has 5 rings (SSSR count). The number of amides is 2. The van der Waals surface area contributed by atoms with E-state index in [0.717, 1.165) is 17.5 Å². The van der Waals surface area contributed by atoms with E-state index >= 15 is 0 Å². The number of nitrogens with zero attached hydrogens (tertiary/aromatic N) is 3. The van der Waals surface area contributed by atoms with Gasteiger partial charge in [0.2, 0.25) is 5.91 Å². The summed E-state index contributed by atoms with van der Waals surface area (Å²) in [6.07, 6.45) is 3.77. The quantitative estimate of drug-likeness (QED) is 0.542. The van der Waals surface area contributed by atoms with E-state index in [9.17, 15) is 14.4 Å². The molecule has 3 saturated carbocycles. The van der Waals surface area contributed by atoms with Crippen LogP contribution in [0.5, 0.6) is 0 Å². The van der Waals surface area contributed by atoms with Gasteiger partial charge in [-0.3, -0.25) is 9.59 Å². The molecule has 3 aliphatic carbocycles. The van der Waals surface area contributed by atoms with Crippen LogP contribution < -0.4 is 16.2 Å². The van der Waals surface area contributed by atoms with Crippen LogP contribution in [0.1, 0.15) is 40.0 Å². The number of fused-ring (bicyclic) bond motifs is 2. The van der Waals surface area contributed by atoms with E-state index in [4.69, 9.17) is 5.11 Å². The second-order valence-corrected chi connectivity index (χ2v) is 11.0. The molecule has 2 heterocycles. The Kier molecular flexibility index (Phi) is 6.26. The van der Waals surface area contributed by atoms with Crippen LogP contribution >= 0.6 is 15.9 Å². The number of carbonyl (C=O) groups excluding carboxylic acids is 1. The monoisotopic (exact) mass is 509 g/mol. The number of anilines is 1. The highest BCUT2D eigenvalue weighted by Crippen LogP contribution is 2.61. The van der Waals surface area contributed by atoms with Gasteiger partial charge in [-0.2, -0.15) is 5.10 Å². The lowest BCUT2D eigenvalue weighted by Gasteiger charge is -2.62. The van der Waals surface area contributed by atoms with Crippen LogP contribution in [0.25, 0.3) is 0 Å². The minimum Gasteiger partial charge on any atom is -0.465 e. The van der Waals surface area contributed by atoms with E-state index in [-0.39, 0.29) is 23.9 Å². The summed E-state index contributed by atoms with van der Waals surface area (Å²) in [5.74, 6) is 1.69. The third-order valence-electron chi connectivity index (χ3n) is 8.12. The van der Waals surface area contributed by atoms with E-state index in [2.05, 4.69) is 52.4 Å². The fraction of sp³-hybridized carbons (Fsp3) is 0.727. The lowest BCUT2D eigenvalue weighted by atomic mass is 9.45. The molecular formula is C22H32BrN5O4. The summed E-state index contributed by atoms with van der Waals surface area (Å²) in [6.45, 7) is 8.11. The average Bonchev–Trinajstić information content (AvgIpc) is 3.22. The van der Waals surface area contributed by atoms with Crippen molar-refractivity contribution in [1.29, 1.82) is 0 Å². The van der Waals surface area contributed by atoms with Gasteiger partial charge in [0.15, 0.2) is 0 Å². The molecule has 10 heteroatoms. The maximum absolute atomic E-state index is 12.8. The Labute approximate surface area is 196 Å². The van der Waals surface area contributed by atoms with Crippen LogP contribution in [0.15, 0.2) is 15.5 Å². The third kappa shape index (κ3) is 4.25. The number of nitrogens with one attached hydrogen (secondary N) is 2. The van der Waals surface area contributed by atoms with Crippen LogP contribution in [0.2, 0.25) is 0 Å². The second kappa shape index (κ2) is 8.68. The summed E-state index contributed by atoms with van der Waals surface area (Å²) in [5, 5.41) is 19.5. The van der Waals surface area contributed by atoms with Crippen LogP contribution in [0.3, 0.4) is 0 Å². The maximum atomic E-state index is 12.8. The normalized spacial score (nSPS) is 30.5. The SMILES string of the molecule is C[C@H]1[C@H]2C[C@H](C[C@H]1Nc1cnn(CC(=O)NC[C@@H]3CCN(C(=O)O)C3)c(=O)c1Br)C2(C)C. The Bertz CT molecular complexity index is 964. The smallest absolute Gasteiger partial charge is 0.407 e. The molecule has 4 aliphatic rings. The molecule has 1 aromatic rings. The summed E-state index contributed by atoms with van der Waals surface area (Å²) < 4.78 is 1.53. The van der Waals surface area contributed by atoms with Crippen molar-refractivity contribution < 1.29 is 14.7 Å². The Hall–Kier alpha value is -2.10. The molecule has 0 aromatic carbocycles. The van der Waals surface area contributed by atoms with Gasteiger partial charge in [0.25, 0.3) is 5.56 Å². The standard InChI is InChI=1S/C22H32BrN5O4/c1-12-15-6-14(22(15,2)3)7-16(12)26-17-9-25-28(20(30)19(17)23)11-18(29)24-8-13-4-5-27(10-13)21(31)32/h9,12-16,26H,4-8,10-11H2,1-3H3,(H,24,29)(H,31,32)/t12-,13-,14+,15+,16+/m0/s1. The molecule has 1 aromatic heterocycles. The van der Waals surface area contributed by atoms with E-state index in [1.807, 2.05) is 0 Å². The lowest BCUT2D eigenvalue weighted by molar-refractivity contribution is -0.122. The topological polar surface area (TPSA) is 117 Å². The average molecular weight is 510 g/mol. The molecule has 4 fully saturated rings. The first-order valence-electron chi connectivity index (χ1n) is 11.3. The summed E-state index contributed by atoms with van der Waals surface area (Å²) in [7, 11) is 0. The summed E-state index contributed by atoms with van der Waals surface area (Å²) >= 11 is 3.40. The molecule has 32 heavy (non-hydrogen) atoms. The Morgan fingerprint density at radius 1 is 1.34 bits per heavy atom. The first kappa shape index (κ1) is 23.1. The Morgan fingerprint density at radius 3 is 2.72 bits per heavy atom. The number of carboxylic acid groups (broad SMARTS) is 1. The van der Waals surface area contributed by atoms with Crippen molar-refractivity contribution in [2.24, 2.45) is 29.1 Å². The molecule has 0 spiro atoms. The van der Waals surface area contributed by atoms with Gasteiger partial charge in [0, 0.05) is 25.7 Å². The molecule has 1 aliphatic heterocycles. The van der Waals surface area contributed by atoms with Crippen molar-refractivity contribution in [3.8, 4) is 0 Å². The summed E-state index contributed by atoms with van der Waals surface area (Å²) in [6, 6.07) is 0.306. The van der Waals surface area contributed by atoms with Crippen LogP contribution in [-0.4, -0.2) is 57.5 Å². The van der Waals surface area contributed by atoms with E-state index in [1.165, 1.54) is 11.3 Å². The molecule has 0 unspecified atom stereocenters. The van der Waals surface area contributed by atoms with Crippen LogP contribution in [-0.2, 0) is 11.3 Å². The second-order valence-electron chi connectivity index (χ2n) is 10.2. The highest BCUT2D eigenvalue weighted by Gasteiger charge is 2.56. The zero-order chi connectivity index (χ0) is 23.2. The van der Waals surface area contributed by atoms with Gasteiger partial charge in [0.05, 0.1) is 11.9 Å². The minimum absolute atomic E-state index is 0.0896. The molecular weight excluding hydrogens is 478 g/mol. The van der Waals surface area contributed by atoms with Crippen molar-refractivity contribution in [2.45, 2.75) is 52.6 Å². The van der Waals surface area contributed by atoms with Crippen molar-refractivity contribution >= 4 is 33.6 Å². The summed E-state index contributed by atoms with van der Waals surface area (Å²) in [4.78, 5) is 37.4. The molecule has 9 nitrogen and oxygen atoms in total. The number of hydrogen-bond donors (Lipinski definition) is 3. The highest BCUT2D eigenvalue weighted by atomic mass is 79.9. The van der Waals surface area contributed by atoms with Gasteiger partial charge in [-0.15, -0.1) is 0 Å². The fourth-order valence-corrected chi connectivity index (χ4v) is 6.26. The van der Waals surface area contributed by atoms with Gasteiger partial charge in [-0.05, 0) is 64.3 Å². The van der Waals surface area contributed by atoms with Crippen molar-refractivity contribution in [1.82, 2.24) is 20.0 Å². The lowest BCUT2D eigenvalue weighted by Crippen LogP contribution is -2.58. The van der Waals surface area contributed by atoms with E-state index in [0.29, 0.717) is 59.0 Å². The number of aromatic nitrogens is 2. The Balaban J connectivity index is 1.32. The van der Waals surface area contributed by atoms with Crippen LogP contribution in [0, 0.1) is 29.1 Å². The molecule has 2 bridgehead atoms.